The highest BCUT2D eigenvalue weighted by Crippen LogP contribution is 2.24. The van der Waals surface area contributed by atoms with Crippen LogP contribution in [0.1, 0.15) is 47.3 Å². The molecule has 4 aromatic carbocycles. The number of aldehydes is 1. The van der Waals surface area contributed by atoms with Gasteiger partial charge in [-0.25, -0.2) is 0 Å². The molecule has 244 valence electrons. The highest BCUT2D eigenvalue weighted by atomic mass is 35.5. The van der Waals surface area contributed by atoms with Crippen LogP contribution in [-0.2, 0) is 33.8 Å². The molecule has 1 unspecified atom stereocenters. The van der Waals surface area contributed by atoms with E-state index in [1.165, 1.54) is 6.07 Å². The van der Waals surface area contributed by atoms with Crippen LogP contribution in [0.2, 0.25) is 5.02 Å². The predicted octanol–water partition coefficient (Wildman–Crippen LogP) is 5.72. The Bertz CT molecular complexity index is 1620. The van der Waals surface area contributed by atoms with Crippen molar-refractivity contribution in [2.75, 3.05) is 0 Å². The van der Waals surface area contributed by atoms with Crippen molar-refractivity contribution in [3.05, 3.63) is 136 Å². The maximum atomic E-state index is 13.8. The van der Waals surface area contributed by atoms with E-state index in [2.05, 4.69) is 16.0 Å². The van der Waals surface area contributed by atoms with Crippen LogP contribution in [0.4, 0.5) is 0 Å². The summed E-state index contributed by atoms with van der Waals surface area (Å²) >= 11 is 6.26. The predicted molar refractivity (Wildman–Crippen MR) is 183 cm³/mol. The maximum absolute atomic E-state index is 13.8. The number of hydrogen-bond donors (Lipinski definition) is 3. The number of amides is 3. The first-order valence-corrected chi connectivity index (χ1v) is 16.0. The van der Waals surface area contributed by atoms with E-state index >= 15 is 0 Å². The number of carbonyl (C=O) groups is 4. The maximum Gasteiger partial charge on any atom is 0.255 e. The van der Waals surface area contributed by atoms with Crippen molar-refractivity contribution in [2.45, 2.75) is 57.8 Å². The average Bonchev–Trinajstić information content (AvgIpc) is 3.07. The van der Waals surface area contributed by atoms with Crippen LogP contribution in [0.5, 0.6) is 5.75 Å². The van der Waals surface area contributed by atoms with Gasteiger partial charge in [0.25, 0.3) is 5.91 Å². The Kier molecular flexibility index (Phi) is 13.1. The third kappa shape index (κ3) is 11.1. The molecular weight excluding hydrogens is 614 g/mol. The fourth-order valence-corrected chi connectivity index (χ4v) is 5.27. The molecule has 0 saturated heterocycles. The van der Waals surface area contributed by atoms with Crippen molar-refractivity contribution in [1.29, 1.82) is 0 Å². The van der Waals surface area contributed by atoms with Crippen molar-refractivity contribution in [2.24, 2.45) is 5.92 Å². The summed E-state index contributed by atoms with van der Waals surface area (Å²) in [6.07, 6.45) is 1.49. The summed E-state index contributed by atoms with van der Waals surface area (Å²) in [5, 5.41) is 8.83. The van der Waals surface area contributed by atoms with Gasteiger partial charge in [0.15, 0.2) is 0 Å². The molecule has 9 heteroatoms. The summed E-state index contributed by atoms with van der Waals surface area (Å²) in [7, 11) is 0. The van der Waals surface area contributed by atoms with Gasteiger partial charge in [0.2, 0.25) is 11.8 Å². The van der Waals surface area contributed by atoms with E-state index < -0.39 is 35.8 Å². The SMILES string of the molecule is CC(C)C[C@H](NC(=O)c1cc(Cl)ccc1OCc1ccccc1)C(=O)N[C@@H](Cc1ccccc1)C(=O)NC(C=O)Cc1ccccc1. The molecule has 3 atom stereocenters. The Morgan fingerprint density at radius 1 is 0.702 bits per heavy atom. The molecule has 4 rings (SSSR count). The van der Waals surface area contributed by atoms with Gasteiger partial charge in [-0.05, 0) is 53.6 Å². The summed E-state index contributed by atoms with van der Waals surface area (Å²) in [5.74, 6) is -1.21. The minimum absolute atomic E-state index is 0.0333. The van der Waals surface area contributed by atoms with E-state index in [-0.39, 0.29) is 24.5 Å². The number of nitrogens with one attached hydrogen (secondary N) is 3. The molecule has 0 aliphatic rings. The number of ether oxygens (including phenoxy) is 1. The lowest BCUT2D eigenvalue weighted by Crippen LogP contribution is -2.56. The molecule has 0 radical (unpaired) electrons. The zero-order valence-electron chi connectivity index (χ0n) is 26.5. The summed E-state index contributed by atoms with van der Waals surface area (Å²) in [6.45, 7) is 4.11. The van der Waals surface area contributed by atoms with Crippen LogP contribution in [0.15, 0.2) is 109 Å². The van der Waals surface area contributed by atoms with Crippen molar-refractivity contribution < 1.29 is 23.9 Å². The third-order valence-electron chi connectivity index (χ3n) is 7.46. The normalized spacial score (nSPS) is 12.8. The smallest absolute Gasteiger partial charge is 0.255 e. The first-order valence-electron chi connectivity index (χ1n) is 15.6. The lowest BCUT2D eigenvalue weighted by molar-refractivity contribution is -0.131. The molecule has 8 nitrogen and oxygen atoms in total. The van der Waals surface area contributed by atoms with E-state index in [0.29, 0.717) is 29.9 Å². The number of benzene rings is 4. The summed E-state index contributed by atoms with van der Waals surface area (Å²) < 4.78 is 5.97. The van der Waals surface area contributed by atoms with Gasteiger partial charge in [0.1, 0.15) is 30.7 Å². The third-order valence-corrected chi connectivity index (χ3v) is 7.69. The van der Waals surface area contributed by atoms with Gasteiger partial charge in [-0.15, -0.1) is 0 Å². The van der Waals surface area contributed by atoms with E-state index in [0.717, 1.165) is 16.7 Å². The largest absolute Gasteiger partial charge is 0.488 e. The Balaban J connectivity index is 1.52. The Labute approximate surface area is 280 Å². The molecular formula is C38H40ClN3O5. The highest BCUT2D eigenvalue weighted by molar-refractivity contribution is 6.31. The second-order valence-corrected chi connectivity index (χ2v) is 12.2. The molecule has 0 aromatic heterocycles. The Morgan fingerprint density at radius 3 is 1.83 bits per heavy atom. The fourth-order valence-electron chi connectivity index (χ4n) is 5.10. The van der Waals surface area contributed by atoms with Crippen LogP contribution in [0, 0.1) is 5.92 Å². The van der Waals surface area contributed by atoms with Gasteiger partial charge in [-0.3, -0.25) is 14.4 Å². The first-order chi connectivity index (χ1) is 22.7. The van der Waals surface area contributed by atoms with Gasteiger partial charge in [-0.2, -0.15) is 0 Å². The molecule has 0 aliphatic carbocycles. The lowest BCUT2D eigenvalue weighted by atomic mass is 10.00. The molecule has 0 fully saturated rings. The van der Waals surface area contributed by atoms with Gasteiger partial charge in [0, 0.05) is 11.4 Å². The van der Waals surface area contributed by atoms with E-state index in [1.54, 1.807) is 12.1 Å². The topological polar surface area (TPSA) is 114 Å². The second-order valence-electron chi connectivity index (χ2n) is 11.8. The monoisotopic (exact) mass is 653 g/mol. The summed E-state index contributed by atoms with van der Waals surface area (Å²) in [5.41, 5.74) is 2.82. The van der Waals surface area contributed by atoms with Crippen molar-refractivity contribution in [3.8, 4) is 5.75 Å². The molecule has 0 bridgehead atoms. The number of carbonyl (C=O) groups excluding carboxylic acids is 4. The van der Waals surface area contributed by atoms with Gasteiger partial charge < -0.3 is 25.5 Å². The molecule has 4 aromatic rings. The van der Waals surface area contributed by atoms with Crippen molar-refractivity contribution >= 4 is 35.6 Å². The van der Waals surface area contributed by atoms with Crippen LogP contribution < -0.4 is 20.7 Å². The van der Waals surface area contributed by atoms with Crippen LogP contribution in [0.25, 0.3) is 0 Å². The standard InChI is InChI=1S/C38H40ClN3O5/c1-26(2)20-33(41-36(44)32-23-30(39)18-19-35(32)47-25-29-16-10-5-11-17-29)38(46)42-34(22-28-14-8-4-9-15-28)37(45)40-31(24-43)21-27-12-6-3-7-13-27/h3-19,23-24,26,31,33-34H,20-22,25H2,1-2H3,(H,40,45)(H,41,44)(H,42,46)/t31?,33-,34-/m0/s1. The zero-order valence-corrected chi connectivity index (χ0v) is 27.3. The fraction of sp³-hybridized carbons (Fsp3) is 0.263. The molecule has 0 aliphatic heterocycles. The Morgan fingerprint density at radius 2 is 1.26 bits per heavy atom. The average molecular weight is 654 g/mol. The summed E-state index contributed by atoms with van der Waals surface area (Å²) in [4.78, 5) is 53.0. The summed E-state index contributed by atoms with van der Waals surface area (Å²) in [6, 6.07) is 30.2. The van der Waals surface area contributed by atoms with Crippen molar-refractivity contribution in [1.82, 2.24) is 16.0 Å². The van der Waals surface area contributed by atoms with E-state index in [9.17, 15) is 19.2 Å². The lowest BCUT2D eigenvalue weighted by Gasteiger charge is -2.25. The zero-order chi connectivity index (χ0) is 33.6. The molecule has 0 saturated carbocycles. The van der Waals surface area contributed by atoms with E-state index in [4.69, 9.17) is 16.3 Å². The quantitative estimate of drug-likeness (QED) is 0.134. The number of halogens is 1. The molecule has 3 amide bonds. The van der Waals surface area contributed by atoms with Gasteiger partial charge in [-0.1, -0.05) is 116 Å². The molecule has 47 heavy (non-hydrogen) atoms. The minimum atomic E-state index is -1.01. The van der Waals surface area contributed by atoms with Gasteiger partial charge in [0.05, 0.1) is 11.6 Å². The Hall–Kier alpha value is -4.95. The van der Waals surface area contributed by atoms with Crippen LogP contribution >= 0.6 is 11.6 Å². The van der Waals surface area contributed by atoms with E-state index in [1.807, 2.05) is 105 Å². The van der Waals surface area contributed by atoms with Crippen LogP contribution in [-0.4, -0.2) is 42.1 Å². The van der Waals surface area contributed by atoms with Crippen LogP contribution in [0.3, 0.4) is 0 Å². The van der Waals surface area contributed by atoms with Crippen molar-refractivity contribution in [3.63, 3.8) is 0 Å². The highest BCUT2D eigenvalue weighted by Gasteiger charge is 2.29. The molecule has 0 spiro atoms. The second kappa shape index (κ2) is 17.7. The number of rotatable bonds is 16. The first kappa shape index (κ1) is 34.9. The molecule has 0 heterocycles. The number of hydrogen-bond acceptors (Lipinski definition) is 5. The molecule has 3 N–H and O–H groups in total. The minimum Gasteiger partial charge on any atom is -0.488 e. The van der Waals surface area contributed by atoms with Gasteiger partial charge >= 0.3 is 0 Å².